The third-order valence-electron chi connectivity index (χ3n) is 5.48. The van der Waals surface area contributed by atoms with Crippen molar-refractivity contribution >= 4 is 43.5 Å². The molecule has 0 spiro atoms. The summed E-state index contributed by atoms with van der Waals surface area (Å²) in [6.07, 6.45) is 2.32. The van der Waals surface area contributed by atoms with Gasteiger partial charge in [0.1, 0.15) is 11.8 Å². The van der Waals surface area contributed by atoms with E-state index in [0.717, 1.165) is 22.7 Å². The molecule has 2 amide bonds. The summed E-state index contributed by atoms with van der Waals surface area (Å²) in [6, 6.07) is 13.7. The summed E-state index contributed by atoms with van der Waals surface area (Å²) in [7, 11) is -2.06. The van der Waals surface area contributed by atoms with Crippen LogP contribution in [0.1, 0.15) is 38.7 Å². The Bertz CT molecular complexity index is 1090. The molecule has 0 saturated carbocycles. The van der Waals surface area contributed by atoms with Crippen molar-refractivity contribution in [1.82, 2.24) is 10.2 Å². The van der Waals surface area contributed by atoms with Gasteiger partial charge in [0.05, 0.1) is 19.1 Å². The van der Waals surface area contributed by atoms with Gasteiger partial charge < -0.3 is 15.0 Å². The second kappa shape index (κ2) is 13.5. The van der Waals surface area contributed by atoms with E-state index in [1.165, 1.54) is 11.4 Å². The first kappa shape index (κ1) is 28.6. The average Bonchev–Trinajstić information content (AvgIpc) is 2.83. The van der Waals surface area contributed by atoms with E-state index in [1.54, 1.807) is 36.1 Å². The SMILES string of the molecule is CCCNC(=O)C(C)N(Cc1ccc(Br)cc1)C(=O)CCCN(c1cccc(OC)c1)S(C)(=O)=O. The van der Waals surface area contributed by atoms with Crippen LogP contribution in [0.2, 0.25) is 0 Å². The fourth-order valence-electron chi connectivity index (χ4n) is 3.53. The monoisotopic (exact) mass is 567 g/mol. The number of carbonyl (C=O) groups is 2. The van der Waals surface area contributed by atoms with Gasteiger partial charge in [0.25, 0.3) is 0 Å². The number of ether oxygens (including phenoxy) is 1. The summed E-state index contributed by atoms with van der Waals surface area (Å²) in [5.41, 5.74) is 1.36. The van der Waals surface area contributed by atoms with Crippen LogP contribution in [-0.2, 0) is 26.2 Å². The number of nitrogens with one attached hydrogen (secondary N) is 1. The smallest absolute Gasteiger partial charge is 0.242 e. The lowest BCUT2D eigenvalue weighted by atomic mass is 10.1. The second-order valence-electron chi connectivity index (χ2n) is 8.26. The van der Waals surface area contributed by atoms with Crippen LogP contribution in [0.25, 0.3) is 0 Å². The lowest BCUT2D eigenvalue weighted by Gasteiger charge is -2.29. The van der Waals surface area contributed by atoms with Crippen molar-refractivity contribution in [2.24, 2.45) is 0 Å². The zero-order valence-electron chi connectivity index (χ0n) is 20.7. The molecule has 8 nitrogen and oxygen atoms in total. The minimum Gasteiger partial charge on any atom is -0.497 e. The summed E-state index contributed by atoms with van der Waals surface area (Å²) >= 11 is 3.41. The summed E-state index contributed by atoms with van der Waals surface area (Å²) in [5.74, 6) is 0.109. The number of rotatable bonds is 13. The number of benzene rings is 2. The standard InChI is InChI=1S/C25H34BrN3O5S/c1-5-15-27-25(31)19(2)28(18-20-11-13-21(26)14-12-20)24(30)10-7-16-29(35(4,32)33)22-8-6-9-23(17-22)34-3/h6,8-9,11-14,17,19H,5,7,10,15-16,18H2,1-4H3,(H,27,31). The Balaban J connectivity index is 2.15. The zero-order chi connectivity index (χ0) is 26.0. The quantitative estimate of drug-likeness (QED) is 0.395. The first-order chi connectivity index (χ1) is 16.6. The van der Waals surface area contributed by atoms with Gasteiger partial charge in [-0.2, -0.15) is 0 Å². The molecule has 35 heavy (non-hydrogen) atoms. The summed E-state index contributed by atoms with van der Waals surface area (Å²) in [4.78, 5) is 27.4. The Hall–Kier alpha value is -2.59. The number of halogens is 1. The van der Waals surface area contributed by atoms with Crippen LogP contribution in [-0.4, -0.2) is 57.6 Å². The Morgan fingerprint density at radius 2 is 1.83 bits per heavy atom. The number of carbonyl (C=O) groups excluding carboxylic acids is 2. The number of methoxy groups -OCH3 is 1. The fourth-order valence-corrected chi connectivity index (χ4v) is 4.76. The molecule has 0 aliphatic carbocycles. The maximum absolute atomic E-state index is 13.3. The number of hydrogen-bond acceptors (Lipinski definition) is 5. The second-order valence-corrected chi connectivity index (χ2v) is 11.1. The molecule has 0 saturated heterocycles. The van der Waals surface area contributed by atoms with E-state index in [0.29, 0.717) is 24.4 Å². The molecular weight excluding hydrogens is 534 g/mol. The van der Waals surface area contributed by atoms with Crippen LogP contribution in [0.5, 0.6) is 5.75 Å². The highest BCUT2D eigenvalue weighted by Gasteiger charge is 2.26. The van der Waals surface area contributed by atoms with Crippen molar-refractivity contribution in [3.05, 3.63) is 58.6 Å². The molecule has 1 unspecified atom stereocenters. The first-order valence-electron chi connectivity index (χ1n) is 11.5. The maximum Gasteiger partial charge on any atom is 0.242 e. The molecule has 0 radical (unpaired) electrons. The van der Waals surface area contributed by atoms with E-state index in [2.05, 4.69) is 21.2 Å². The van der Waals surface area contributed by atoms with Crippen molar-refractivity contribution in [2.45, 2.75) is 45.7 Å². The molecule has 0 fully saturated rings. The molecule has 1 atom stereocenters. The average molecular weight is 569 g/mol. The van der Waals surface area contributed by atoms with Crippen LogP contribution in [0.15, 0.2) is 53.0 Å². The largest absolute Gasteiger partial charge is 0.497 e. The number of anilines is 1. The van der Waals surface area contributed by atoms with Crippen molar-refractivity contribution < 1.29 is 22.7 Å². The van der Waals surface area contributed by atoms with Gasteiger partial charge in [0.15, 0.2) is 0 Å². The maximum atomic E-state index is 13.3. The van der Waals surface area contributed by atoms with Crippen molar-refractivity contribution in [3.8, 4) is 5.75 Å². The van der Waals surface area contributed by atoms with Crippen LogP contribution < -0.4 is 14.4 Å². The molecule has 0 bridgehead atoms. The Morgan fingerprint density at radius 1 is 1.14 bits per heavy atom. The highest BCUT2D eigenvalue weighted by molar-refractivity contribution is 9.10. The van der Waals surface area contributed by atoms with Gasteiger partial charge in [0.2, 0.25) is 21.8 Å². The van der Waals surface area contributed by atoms with Crippen molar-refractivity contribution in [1.29, 1.82) is 0 Å². The normalized spacial score (nSPS) is 12.0. The molecule has 0 aliphatic heterocycles. The van der Waals surface area contributed by atoms with E-state index < -0.39 is 16.1 Å². The molecule has 2 aromatic rings. The van der Waals surface area contributed by atoms with Gasteiger partial charge in [-0.3, -0.25) is 13.9 Å². The fraction of sp³-hybridized carbons (Fsp3) is 0.440. The van der Waals surface area contributed by atoms with Gasteiger partial charge >= 0.3 is 0 Å². The molecule has 0 aromatic heterocycles. The van der Waals surface area contributed by atoms with E-state index in [4.69, 9.17) is 4.74 Å². The molecule has 0 aliphatic rings. The van der Waals surface area contributed by atoms with Gasteiger partial charge in [-0.05, 0) is 49.6 Å². The lowest BCUT2D eigenvalue weighted by Crippen LogP contribution is -2.47. The molecule has 1 N–H and O–H groups in total. The molecule has 2 rings (SSSR count). The highest BCUT2D eigenvalue weighted by atomic mass is 79.9. The molecule has 10 heteroatoms. The van der Waals surface area contributed by atoms with Gasteiger partial charge in [-0.15, -0.1) is 0 Å². The number of nitrogens with zero attached hydrogens (tertiary/aromatic N) is 2. The first-order valence-corrected chi connectivity index (χ1v) is 14.1. The summed E-state index contributed by atoms with van der Waals surface area (Å²) in [6.45, 7) is 4.61. The molecule has 192 valence electrons. The van der Waals surface area contributed by atoms with Gasteiger partial charge in [0, 0.05) is 36.6 Å². The lowest BCUT2D eigenvalue weighted by molar-refractivity contribution is -0.140. The van der Waals surface area contributed by atoms with Crippen molar-refractivity contribution in [3.63, 3.8) is 0 Å². The van der Waals surface area contributed by atoms with Crippen molar-refractivity contribution in [2.75, 3.05) is 30.8 Å². The molecule has 0 heterocycles. The predicted molar refractivity (Wildman–Crippen MR) is 142 cm³/mol. The number of sulfonamides is 1. The van der Waals surface area contributed by atoms with E-state index in [-0.39, 0.29) is 31.3 Å². The van der Waals surface area contributed by atoms with Gasteiger partial charge in [-0.1, -0.05) is 41.1 Å². The Labute approximate surface area is 216 Å². The molecule has 2 aromatic carbocycles. The van der Waals surface area contributed by atoms with Gasteiger partial charge in [-0.25, -0.2) is 8.42 Å². The predicted octanol–water partition coefficient (Wildman–Crippen LogP) is 3.95. The highest BCUT2D eigenvalue weighted by Crippen LogP contribution is 2.24. The molecular formula is C25H34BrN3O5S. The minimum atomic E-state index is -3.57. The van der Waals surface area contributed by atoms with Crippen LogP contribution in [0.4, 0.5) is 5.69 Å². The summed E-state index contributed by atoms with van der Waals surface area (Å²) in [5, 5.41) is 2.85. The van der Waals surface area contributed by atoms with E-state index >= 15 is 0 Å². The van der Waals surface area contributed by atoms with E-state index in [9.17, 15) is 18.0 Å². The summed E-state index contributed by atoms with van der Waals surface area (Å²) < 4.78 is 32.3. The van der Waals surface area contributed by atoms with Crippen LogP contribution in [0, 0.1) is 0 Å². The Morgan fingerprint density at radius 3 is 2.43 bits per heavy atom. The number of amides is 2. The van der Waals surface area contributed by atoms with Crippen LogP contribution in [0.3, 0.4) is 0 Å². The number of hydrogen-bond donors (Lipinski definition) is 1. The van der Waals surface area contributed by atoms with Crippen LogP contribution >= 0.6 is 15.9 Å². The van der Waals surface area contributed by atoms with E-state index in [1.807, 2.05) is 31.2 Å². The third kappa shape index (κ3) is 8.85. The Kier molecular flexibility index (Phi) is 11.0. The minimum absolute atomic E-state index is 0.0952. The zero-order valence-corrected chi connectivity index (χ0v) is 23.1. The third-order valence-corrected chi connectivity index (χ3v) is 7.20. The topological polar surface area (TPSA) is 96.0 Å².